The summed E-state index contributed by atoms with van der Waals surface area (Å²) >= 11 is 0. The fraction of sp³-hybridized carbons (Fsp3) is 0.182. The first-order valence-electron chi connectivity index (χ1n) is 9.15. The van der Waals surface area contributed by atoms with Crippen LogP contribution in [-0.4, -0.2) is 14.8 Å². The summed E-state index contributed by atoms with van der Waals surface area (Å²) in [6.07, 6.45) is -0.784. The normalized spacial score (nSPS) is 14.1. The zero-order chi connectivity index (χ0) is 19.3. The predicted octanol–water partition coefficient (Wildman–Crippen LogP) is 6.04. The summed E-state index contributed by atoms with van der Waals surface area (Å²) in [7, 11) is 0. The second kappa shape index (κ2) is 6.48. The average Bonchev–Trinajstić information content (AvgIpc) is 3.49. The maximum absolute atomic E-state index is 14.0. The Balaban J connectivity index is 1.82. The van der Waals surface area contributed by atoms with Gasteiger partial charge in [0.1, 0.15) is 5.82 Å². The lowest BCUT2D eigenvalue weighted by molar-refractivity contribution is 0.153. The van der Waals surface area contributed by atoms with Gasteiger partial charge in [-0.1, -0.05) is 30.3 Å². The van der Waals surface area contributed by atoms with Gasteiger partial charge in [-0.2, -0.15) is 5.10 Å². The highest BCUT2D eigenvalue weighted by molar-refractivity contribution is 5.87. The van der Waals surface area contributed by atoms with Gasteiger partial charge in [0, 0.05) is 17.0 Å². The number of nitrogens with zero attached hydrogens (tertiary/aromatic N) is 3. The quantitative estimate of drug-likeness (QED) is 0.433. The highest BCUT2D eigenvalue weighted by atomic mass is 19.3. The van der Waals surface area contributed by atoms with Gasteiger partial charge < -0.3 is 0 Å². The third-order valence-corrected chi connectivity index (χ3v) is 5.04. The smallest absolute Gasteiger partial charge is 0.228 e. The van der Waals surface area contributed by atoms with E-state index >= 15 is 0 Å². The molecular formula is C22H16F3N3. The minimum Gasteiger partial charge on any atom is -0.228 e. The van der Waals surface area contributed by atoms with Crippen molar-refractivity contribution in [3.05, 3.63) is 77.7 Å². The molecule has 1 aliphatic carbocycles. The van der Waals surface area contributed by atoms with Gasteiger partial charge in [0.2, 0.25) is 0 Å². The van der Waals surface area contributed by atoms with E-state index in [4.69, 9.17) is 4.98 Å². The summed E-state index contributed by atoms with van der Waals surface area (Å²) in [4.78, 5) is 4.69. The molecule has 3 nitrogen and oxygen atoms in total. The largest absolute Gasteiger partial charge is 0.264 e. The molecule has 2 heterocycles. The molecule has 0 bridgehead atoms. The van der Waals surface area contributed by atoms with Gasteiger partial charge in [-0.25, -0.2) is 22.8 Å². The molecule has 0 unspecified atom stereocenters. The van der Waals surface area contributed by atoms with Crippen molar-refractivity contribution in [3.8, 4) is 16.9 Å². The van der Waals surface area contributed by atoms with Crippen LogP contribution < -0.4 is 0 Å². The summed E-state index contributed by atoms with van der Waals surface area (Å²) in [6, 6.07) is 16.5. The molecule has 0 saturated heterocycles. The molecule has 0 radical (unpaired) electrons. The molecule has 0 spiro atoms. The van der Waals surface area contributed by atoms with Crippen molar-refractivity contribution in [3.63, 3.8) is 0 Å². The molecular weight excluding hydrogens is 363 g/mol. The molecule has 6 heteroatoms. The first-order valence-corrected chi connectivity index (χ1v) is 9.15. The minimum atomic E-state index is -2.64. The Morgan fingerprint density at radius 2 is 1.68 bits per heavy atom. The van der Waals surface area contributed by atoms with Crippen molar-refractivity contribution in [2.24, 2.45) is 0 Å². The van der Waals surface area contributed by atoms with Crippen molar-refractivity contribution in [2.75, 3.05) is 0 Å². The maximum atomic E-state index is 14.0. The van der Waals surface area contributed by atoms with Gasteiger partial charge in [-0.3, -0.25) is 0 Å². The molecule has 1 saturated carbocycles. The molecule has 28 heavy (non-hydrogen) atoms. The SMILES string of the molecule is Fc1ccc(-n2nc(C3CC3)c3c(C(F)F)cc(-c4ccccc4)nc32)cc1. The molecule has 0 aliphatic heterocycles. The highest BCUT2D eigenvalue weighted by Crippen LogP contribution is 2.45. The molecule has 5 rings (SSSR count). The second-order valence-corrected chi connectivity index (χ2v) is 7.01. The van der Waals surface area contributed by atoms with E-state index in [1.54, 1.807) is 16.8 Å². The van der Waals surface area contributed by atoms with E-state index in [0.29, 0.717) is 28.1 Å². The van der Waals surface area contributed by atoms with Crippen LogP contribution in [0.1, 0.15) is 36.4 Å². The van der Waals surface area contributed by atoms with Crippen molar-refractivity contribution in [1.82, 2.24) is 14.8 Å². The number of fused-ring (bicyclic) bond motifs is 1. The molecule has 2 aromatic heterocycles. The topological polar surface area (TPSA) is 30.7 Å². The van der Waals surface area contributed by atoms with E-state index < -0.39 is 6.43 Å². The Morgan fingerprint density at radius 3 is 2.32 bits per heavy atom. The summed E-state index contributed by atoms with van der Waals surface area (Å²) < 4.78 is 42.9. The third kappa shape index (κ3) is 2.85. The number of aromatic nitrogens is 3. The lowest BCUT2D eigenvalue weighted by atomic mass is 10.0. The zero-order valence-corrected chi connectivity index (χ0v) is 14.8. The van der Waals surface area contributed by atoms with Crippen LogP contribution >= 0.6 is 0 Å². The molecule has 2 aromatic carbocycles. The molecule has 1 fully saturated rings. The highest BCUT2D eigenvalue weighted by Gasteiger charge is 2.32. The van der Waals surface area contributed by atoms with Crippen LogP contribution in [0, 0.1) is 5.82 Å². The number of rotatable bonds is 4. The summed E-state index contributed by atoms with van der Waals surface area (Å²) in [6.45, 7) is 0. The zero-order valence-electron chi connectivity index (χ0n) is 14.8. The van der Waals surface area contributed by atoms with Crippen LogP contribution in [0.25, 0.3) is 28.0 Å². The average molecular weight is 379 g/mol. The fourth-order valence-electron chi connectivity index (χ4n) is 3.51. The van der Waals surface area contributed by atoms with Gasteiger partial charge in [0.05, 0.1) is 22.5 Å². The van der Waals surface area contributed by atoms with E-state index in [0.717, 1.165) is 18.4 Å². The molecule has 140 valence electrons. The first kappa shape index (κ1) is 17.0. The Hall–Kier alpha value is -3.15. The number of hydrogen-bond acceptors (Lipinski definition) is 2. The van der Waals surface area contributed by atoms with Crippen LogP contribution in [0.5, 0.6) is 0 Å². The molecule has 0 amide bonds. The second-order valence-electron chi connectivity index (χ2n) is 7.01. The predicted molar refractivity (Wildman–Crippen MR) is 101 cm³/mol. The fourth-order valence-corrected chi connectivity index (χ4v) is 3.51. The Kier molecular flexibility index (Phi) is 3.93. The van der Waals surface area contributed by atoms with Crippen LogP contribution in [0.4, 0.5) is 13.2 Å². The minimum absolute atomic E-state index is 0.0564. The van der Waals surface area contributed by atoms with Crippen molar-refractivity contribution in [2.45, 2.75) is 25.2 Å². The lowest BCUT2D eigenvalue weighted by Crippen LogP contribution is -2.00. The van der Waals surface area contributed by atoms with E-state index in [9.17, 15) is 13.2 Å². The van der Waals surface area contributed by atoms with Gasteiger partial charge in [0.15, 0.2) is 5.65 Å². The van der Waals surface area contributed by atoms with E-state index in [1.807, 2.05) is 30.3 Å². The Bertz CT molecular complexity index is 1150. The number of benzene rings is 2. The number of alkyl halides is 2. The monoisotopic (exact) mass is 379 g/mol. The van der Waals surface area contributed by atoms with Crippen molar-refractivity contribution < 1.29 is 13.2 Å². The number of pyridine rings is 1. The molecule has 1 aliphatic rings. The van der Waals surface area contributed by atoms with Crippen molar-refractivity contribution in [1.29, 1.82) is 0 Å². The van der Waals surface area contributed by atoms with Gasteiger partial charge in [0.25, 0.3) is 6.43 Å². The molecule has 0 N–H and O–H groups in total. The van der Waals surface area contributed by atoms with Crippen LogP contribution in [0.15, 0.2) is 60.7 Å². The van der Waals surface area contributed by atoms with Crippen LogP contribution in [0.3, 0.4) is 0 Å². The standard InChI is InChI=1S/C22H16F3N3/c23-15-8-10-16(11-9-15)28-22-19(20(27-28)14-6-7-14)17(21(24)25)12-18(26-22)13-4-2-1-3-5-13/h1-5,8-12,14,21H,6-7H2. The third-order valence-electron chi connectivity index (χ3n) is 5.04. The van der Waals surface area contributed by atoms with E-state index in [2.05, 4.69) is 5.10 Å². The number of hydrogen-bond donors (Lipinski definition) is 0. The van der Waals surface area contributed by atoms with Gasteiger partial charge in [-0.15, -0.1) is 0 Å². The maximum Gasteiger partial charge on any atom is 0.264 e. The van der Waals surface area contributed by atoms with E-state index in [-0.39, 0.29) is 17.3 Å². The van der Waals surface area contributed by atoms with E-state index in [1.165, 1.54) is 18.2 Å². The first-order chi connectivity index (χ1) is 13.6. The lowest BCUT2D eigenvalue weighted by Gasteiger charge is -2.09. The van der Waals surface area contributed by atoms with Gasteiger partial charge in [-0.05, 0) is 43.2 Å². The molecule has 0 atom stereocenters. The summed E-state index contributed by atoms with van der Waals surface area (Å²) in [5.41, 5.74) is 2.79. The van der Waals surface area contributed by atoms with Crippen LogP contribution in [0.2, 0.25) is 0 Å². The Labute approximate surface area is 159 Å². The van der Waals surface area contributed by atoms with Gasteiger partial charge >= 0.3 is 0 Å². The summed E-state index contributed by atoms with van der Waals surface area (Å²) in [5.74, 6) is -0.195. The summed E-state index contributed by atoms with van der Waals surface area (Å²) in [5, 5.41) is 5.05. The Morgan fingerprint density at radius 1 is 0.964 bits per heavy atom. The van der Waals surface area contributed by atoms with Crippen molar-refractivity contribution >= 4 is 11.0 Å². The molecule has 4 aromatic rings. The van der Waals surface area contributed by atoms with Crippen LogP contribution in [-0.2, 0) is 0 Å². The number of halogens is 3.